The second kappa shape index (κ2) is 4.31. The molecule has 0 radical (unpaired) electrons. The van der Waals surface area contributed by atoms with E-state index in [0.29, 0.717) is 18.2 Å². The Balaban J connectivity index is 2.02. The van der Waals surface area contributed by atoms with Crippen LogP contribution in [-0.4, -0.2) is 42.4 Å². The SMILES string of the molecule is CC1CS(=O)(=O)CCN1Cc1csc(N)n1. The van der Waals surface area contributed by atoms with Crippen molar-refractivity contribution in [3.8, 4) is 0 Å². The summed E-state index contributed by atoms with van der Waals surface area (Å²) in [6.45, 7) is 3.21. The first-order chi connectivity index (χ1) is 7.46. The molecule has 7 heteroatoms. The average Bonchev–Trinajstić information content (AvgIpc) is 2.56. The molecule has 90 valence electrons. The van der Waals surface area contributed by atoms with Crippen LogP contribution in [0.5, 0.6) is 0 Å². The van der Waals surface area contributed by atoms with Crippen LogP contribution in [0, 0.1) is 0 Å². The minimum atomic E-state index is -2.84. The summed E-state index contributed by atoms with van der Waals surface area (Å²) >= 11 is 1.42. The highest BCUT2D eigenvalue weighted by atomic mass is 32.2. The van der Waals surface area contributed by atoms with E-state index in [9.17, 15) is 8.42 Å². The second-order valence-electron chi connectivity index (χ2n) is 4.11. The molecule has 1 saturated heterocycles. The molecule has 1 aliphatic rings. The number of nitrogen functional groups attached to an aromatic ring is 1. The summed E-state index contributed by atoms with van der Waals surface area (Å²) in [5.41, 5.74) is 6.48. The fourth-order valence-electron chi connectivity index (χ4n) is 1.87. The topological polar surface area (TPSA) is 76.3 Å². The number of nitrogens with two attached hydrogens (primary N) is 1. The average molecular weight is 261 g/mol. The van der Waals surface area contributed by atoms with Crippen molar-refractivity contribution in [2.75, 3.05) is 23.8 Å². The summed E-state index contributed by atoms with van der Waals surface area (Å²) in [5.74, 6) is 0.490. The third-order valence-electron chi connectivity index (χ3n) is 2.74. The van der Waals surface area contributed by atoms with Crippen LogP contribution in [0.2, 0.25) is 0 Å². The van der Waals surface area contributed by atoms with Gasteiger partial charge in [-0.25, -0.2) is 13.4 Å². The Labute approximate surface area is 99.2 Å². The summed E-state index contributed by atoms with van der Waals surface area (Å²) in [6.07, 6.45) is 0. The predicted molar refractivity (Wildman–Crippen MR) is 65.1 cm³/mol. The number of nitrogens with zero attached hydrogens (tertiary/aromatic N) is 2. The lowest BCUT2D eigenvalue weighted by Gasteiger charge is -2.32. The quantitative estimate of drug-likeness (QED) is 0.831. The zero-order valence-corrected chi connectivity index (χ0v) is 10.7. The van der Waals surface area contributed by atoms with Crippen molar-refractivity contribution in [3.05, 3.63) is 11.1 Å². The molecule has 0 saturated carbocycles. The number of hydrogen-bond acceptors (Lipinski definition) is 6. The van der Waals surface area contributed by atoms with E-state index in [-0.39, 0.29) is 17.5 Å². The van der Waals surface area contributed by atoms with E-state index in [1.807, 2.05) is 12.3 Å². The molecule has 1 unspecified atom stereocenters. The maximum absolute atomic E-state index is 11.4. The van der Waals surface area contributed by atoms with Gasteiger partial charge >= 0.3 is 0 Å². The second-order valence-corrected chi connectivity index (χ2v) is 7.23. The van der Waals surface area contributed by atoms with Crippen molar-refractivity contribution in [1.82, 2.24) is 9.88 Å². The van der Waals surface area contributed by atoms with Crippen LogP contribution in [0.3, 0.4) is 0 Å². The summed E-state index contributed by atoms with van der Waals surface area (Å²) in [6, 6.07) is 0.0571. The Hall–Kier alpha value is -0.660. The van der Waals surface area contributed by atoms with Crippen molar-refractivity contribution >= 4 is 26.3 Å². The minimum Gasteiger partial charge on any atom is -0.375 e. The van der Waals surface area contributed by atoms with E-state index in [4.69, 9.17) is 5.73 Å². The highest BCUT2D eigenvalue weighted by molar-refractivity contribution is 7.91. The molecule has 1 atom stereocenters. The van der Waals surface area contributed by atoms with Gasteiger partial charge in [-0.1, -0.05) is 0 Å². The van der Waals surface area contributed by atoms with Gasteiger partial charge in [0.15, 0.2) is 15.0 Å². The molecule has 2 N–H and O–H groups in total. The maximum Gasteiger partial charge on any atom is 0.180 e. The summed E-state index contributed by atoms with van der Waals surface area (Å²) < 4.78 is 22.8. The molecular weight excluding hydrogens is 246 g/mol. The lowest BCUT2D eigenvalue weighted by atomic mass is 10.3. The third kappa shape index (κ3) is 2.72. The van der Waals surface area contributed by atoms with Crippen molar-refractivity contribution in [1.29, 1.82) is 0 Å². The molecule has 0 aliphatic carbocycles. The Morgan fingerprint density at radius 2 is 2.44 bits per heavy atom. The van der Waals surface area contributed by atoms with Crippen LogP contribution < -0.4 is 5.73 Å². The Kier molecular flexibility index (Phi) is 3.18. The minimum absolute atomic E-state index is 0.0571. The van der Waals surface area contributed by atoms with Gasteiger partial charge in [-0.3, -0.25) is 4.90 Å². The Bertz CT molecular complexity index is 469. The largest absolute Gasteiger partial charge is 0.375 e. The first-order valence-corrected chi connectivity index (χ1v) is 7.81. The van der Waals surface area contributed by atoms with Gasteiger partial charge in [-0.2, -0.15) is 0 Å². The molecule has 2 rings (SSSR count). The molecule has 2 heterocycles. The molecule has 0 aromatic carbocycles. The standard InChI is InChI=1S/C9H15N3O2S2/c1-7-6-16(13,14)3-2-12(7)4-8-5-15-9(10)11-8/h5,7H,2-4,6H2,1H3,(H2,10,11). The maximum atomic E-state index is 11.4. The molecule has 0 spiro atoms. The van der Waals surface area contributed by atoms with Crippen LogP contribution in [0.4, 0.5) is 5.13 Å². The van der Waals surface area contributed by atoms with E-state index in [1.165, 1.54) is 11.3 Å². The lowest BCUT2D eigenvalue weighted by molar-refractivity contribution is 0.216. The number of hydrogen-bond donors (Lipinski definition) is 1. The van der Waals surface area contributed by atoms with E-state index in [0.717, 1.165) is 5.69 Å². The van der Waals surface area contributed by atoms with E-state index >= 15 is 0 Å². The van der Waals surface area contributed by atoms with Gasteiger partial charge in [-0.05, 0) is 6.92 Å². The molecule has 1 aromatic heterocycles. The van der Waals surface area contributed by atoms with Gasteiger partial charge in [0.25, 0.3) is 0 Å². The van der Waals surface area contributed by atoms with Gasteiger partial charge < -0.3 is 5.73 Å². The van der Waals surface area contributed by atoms with Crippen molar-refractivity contribution in [2.24, 2.45) is 0 Å². The molecule has 0 amide bonds. The highest BCUT2D eigenvalue weighted by Crippen LogP contribution is 2.17. The molecule has 0 bridgehead atoms. The van der Waals surface area contributed by atoms with Gasteiger partial charge in [0, 0.05) is 24.5 Å². The first kappa shape index (κ1) is 11.8. The van der Waals surface area contributed by atoms with Crippen molar-refractivity contribution in [2.45, 2.75) is 19.5 Å². The number of anilines is 1. The normalized spacial score (nSPS) is 25.7. The summed E-state index contributed by atoms with van der Waals surface area (Å²) in [5, 5.41) is 2.48. The fourth-order valence-corrected chi connectivity index (χ4v) is 4.05. The third-order valence-corrected chi connectivity index (χ3v) is 5.26. The number of sulfone groups is 1. The summed E-state index contributed by atoms with van der Waals surface area (Å²) in [7, 11) is -2.84. The van der Waals surface area contributed by atoms with Crippen LogP contribution in [0.25, 0.3) is 0 Å². The zero-order chi connectivity index (χ0) is 11.8. The first-order valence-electron chi connectivity index (χ1n) is 5.10. The monoisotopic (exact) mass is 261 g/mol. The van der Waals surface area contributed by atoms with Gasteiger partial charge in [0.2, 0.25) is 0 Å². The van der Waals surface area contributed by atoms with Crippen molar-refractivity contribution in [3.63, 3.8) is 0 Å². The molecule has 1 fully saturated rings. The summed E-state index contributed by atoms with van der Waals surface area (Å²) in [4.78, 5) is 6.32. The van der Waals surface area contributed by atoms with E-state index in [2.05, 4.69) is 9.88 Å². The Morgan fingerprint density at radius 1 is 1.69 bits per heavy atom. The zero-order valence-electron chi connectivity index (χ0n) is 9.09. The Morgan fingerprint density at radius 3 is 3.00 bits per heavy atom. The smallest absolute Gasteiger partial charge is 0.180 e. The van der Waals surface area contributed by atoms with Gasteiger partial charge in [0.05, 0.1) is 17.2 Å². The van der Waals surface area contributed by atoms with E-state index in [1.54, 1.807) is 0 Å². The van der Waals surface area contributed by atoms with Gasteiger partial charge in [0.1, 0.15) is 0 Å². The van der Waals surface area contributed by atoms with E-state index < -0.39 is 9.84 Å². The van der Waals surface area contributed by atoms with Gasteiger partial charge in [-0.15, -0.1) is 11.3 Å². The number of aromatic nitrogens is 1. The molecule has 16 heavy (non-hydrogen) atoms. The number of rotatable bonds is 2. The van der Waals surface area contributed by atoms with Crippen LogP contribution in [-0.2, 0) is 16.4 Å². The van der Waals surface area contributed by atoms with Crippen molar-refractivity contribution < 1.29 is 8.42 Å². The van der Waals surface area contributed by atoms with Crippen LogP contribution in [0.1, 0.15) is 12.6 Å². The predicted octanol–water partition coefficient (Wildman–Crippen LogP) is 0.344. The molecule has 5 nitrogen and oxygen atoms in total. The number of thiazole rings is 1. The fraction of sp³-hybridized carbons (Fsp3) is 0.667. The molecule has 1 aromatic rings. The van der Waals surface area contributed by atoms with Crippen LogP contribution >= 0.6 is 11.3 Å². The molecule has 1 aliphatic heterocycles. The highest BCUT2D eigenvalue weighted by Gasteiger charge is 2.28. The lowest BCUT2D eigenvalue weighted by Crippen LogP contribution is -2.46. The molecular formula is C9H15N3O2S2. The van der Waals surface area contributed by atoms with Crippen LogP contribution in [0.15, 0.2) is 5.38 Å².